The molecule has 0 heterocycles. The van der Waals surface area contributed by atoms with Crippen molar-refractivity contribution in [1.29, 1.82) is 0 Å². The zero-order valence-corrected chi connectivity index (χ0v) is 12.7. The molecule has 0 bridgehead atoms. The molecule has 0 atom stereocenters. The van der Waals surface area contributed by atoms with Crippen LogP contribution in [0, 0.1) is 0 Å². The average molecular weight is 234 g/mol. The zero-order chi connectivity index (χ0) is 11.6. The molecule has 0 radical (unpaired) electrons. The van der Waals surface area contributed by atoms with Crippen molar-refractivity contribution in [2.75, 3.05) is 21.3 Å². The van der Waals surface area contributed by atoms with Crippen molar-refractivity contribution >= 4 is 10.2 Å². The van der Waals surface area contributed by atoms with Crippen LogP contribution < -0.4 is 0 Å². The molecule has 0 spiro atoms. The first-order chi connectivity index (χ1) is 7.24. The van der Waals surface area contributed by atoms with E-state index in [4.69, 9.17) is 14.2 Å². The van der Waals surface area contributed by atoms with Gasteiger partial charge in [0.15, 0.2) is 0 Å². The lowest BCUT2D eigenvalue weighted by molar-refractivity contribution is -0.355. The van der Waals surface area contributed by atoms with Gasteiger partial charge in [0.25, 0.3) is 5.97 Å². The van der Waals surface area contributed by atoms with Crippen LogP contribution in [0.2, 0.25) is 6.04 Å². The fraction of sp³-hybridized carbons (Fsp3) is 1.00. The van der Waals surface area contributed by atoms with E-state index in [0.29, 0.717) is 0 Å². The maximum atomic E-state index is 5.23. The van der Waals surface area contributed by atoms with Crippen molar-refractivity contribution in [3.63, 3.8) is 0 Å². The normalized spacial score (nSPS) is 12.2. The van der Waals surface area contributed by atoms with Gasteiger partial charge < -0.3 is 14.2 Å². The monoisotopic (exact) mass is 234 g/mol. The van der Waals surface area contributed by atoms with Crippen LogP contribution in [0.3, 0.4) is 0 Å². The van der Waals surface area contributed by atoms with E-state index in [0.717, 1.165) is 12.8 Å². The van der Waals surface area contributed by atoms with E-state index in [1.807, 2.05) is 0 Å². The Morgan fingerprint density at radius 2 is 1.27 bits per heavy atom. The molecule has 0 aliphatic carbocycles. The molecule has 0 saturated carbocycles. The van der Waals surface area contributed by atoms with E-state index in [2.05, 4.69) is 0 Å². The standard InChI is InChI=1S/C11H26O3Si/c1-12-11(13-2,14-3)9-7-5-4-6-8-10-15/h4-10H2,1-3,15H3. The zero-order valence-electron chi connectivity index (χ0n) is 10.7. The van der Waals surface area contributed by atoms with Gasteiger partial charge in [-0.15, -0.1) is 0 Å². The summed E-state index contributed by atoms with van der Waals surface area (Å²) < 4.78 is 15.7. The summed E-state index contributed by atoms with van der Waals surface area (Å²) >= 11 is 0. The molecule has 0 fully saturated rings. The van der Waals surface area contributed by atoms with Gasteiger partial charge in [-0.2, -0.15) is 0 Å². The van der Waals surface area contributed by atoms with E-state index in [1.165, 1.54) is 42.0 Å². The predicted octanol–water partition coefficient (Wildman–Crippen LogP) is 1.70. The second kappa shape index (κ2) is 9.33. The number of hydrogen-bond donors (Lipinski definition) is 0. The second-order valence-electron chi connectivity index (χ2n) is 3.81. The minimum Gasteiger partial charge on any atom is -0.331 e. The van der Waals surface area contributed by atoms with Crippen molar-refractivity contribution in [3.8, 4) is 0 Å². The Labute approximate surface area is 96.9 Å². The summed E-state index contributed by atoms with van der Waals surface area (Å²) in [5.41, 5.74) is 0. The van der Waals surface area contributed by atoms with Gasteiger partial charge in [-0.25, -0.2) is 0 Å². The maximum absolute atomic E-state index is 5.23. The molecule has 0 saturated heterocycles. The highest BCUT2D eigenvalue weighted by molar-refractivity contribution is 6.08. The number of methoxy groups -OCH3 is 3. The molecular formula is C11H26O3Si. The van der Waals surface area contributed by atoms with Crippen molar-refractivity contribution in [3.05, 3.63) is 0 Å². The van der Waals surface area contributed by atoms with Crippen LogP contribution in [0.4, 0.5) is 0 Å². The van der Waals surface area contributed by atoms with Crippen LogP contribution in [-0.2, 0) is 14.2 Å². The molecule has 0 aliphatic rings. The number of hydrogen-bond acceptors (Lipinski definition) is 3. The summed E-state index contributed by atoms with van der Waals surface area (Å²) in [6.07, 6.45) is 7.21. The Kier molecular flexibility index (Phi) is 9.39. The highest BCUT2D eigenvalue weighted by atomic mass is 28.1. The maximum Gasteiger partial charge on any atom is 0.282 e. The number of unbranched alkanes of at least 4 members (excludes halogenated alkanes) is 4. The van der Waals surface area contributed by atoms with Gasteiger partial charge in [-0.1, -0.05) is 31.7 Å². The van der Waals surface area contributed by atoms with Crippen LogP contribution in [0.5, 0.6) is 0 Å². The third-order valence-electron chi connectivity index (χ3n) is 2.77. The topological polar surface area (TPSA) is 27.7 Å². The minimum atomic E-state index is -0.822. The quantitative estimate of drug-likeness (QED) is 0.327. The van der Waals surface area contributed by atoms with Crippen molar-refractivity contribution in [2.45, 2.75) is 50.5 Å². The van der Waals surface area contributed by atoms with Gasteiger partial charge in [0, 0.05) is 38.0 Å². The molecule has 92 valence electrons. The molecule has 0 rings (SSSR count). The van der Waals surface area contributed by atoms with E-state index in [9.17, 15) is 0 Å². The van der Waals surface area contributed by atoms with Crippen LogP contribution in [0.25, 0.3) is 0 Å². The molecule has 0 amide bonds. The van der Waals surface area contributed by atoms with Crippen LogP contribution >= 0.6 is 0 Å². The molecule has 3 nitrogen and oxygen atoms in total. The Hall–Kier alpha value is 0.0969. The molecule has 0 N–H and O–H groups in total. The van der Waals surface area contributed by atoms with Crippen molar-refractivity contribution in [1.82, 2.24) is 0 Å². The first-order valence-electron chi connectivity index (χ1n) is 5.90. The van der Waals surface area contributed by atoms with Crippen molar-refractivity contribution < 1.29 is 14.2 Å². The second-order valence-corrected chi connectivity index (χ2v) is 4.81. The van der Waals surface area contributed by atoms with E-state index in [1.54, 1.807) is 21.3 Å². The van der Waals surface area contributed by atoms with Gasteiger partial charge >= 0.3 is 0 Å². The Morgan fingerprint density at radius 1 is 0.800 bits per heavy atom. The predicted molar refractivity (Wildman–Crippen MR) is 66.2 cm³/mol. The summed E-state index contributed by atoms with van der Waals surface area (Å²) in [6.45, 7) is 0. The highest BCUT2D eigenvalue weighted by Gasteiger charge is 2.28. The molecule has 0 unspecified atom stereocenters. The summed E-state index contributed by atoms with van der Waals surface area (Å²) in [7, 11) is 6.20. The molecule has 0 aromatic heterocycles. The van der Waals surface area contributed by atoms with Crippen molar-refractivity contribution in [2.24, 2.45) is 0 Å². The van der Waals surface area contributed by atoms with E-state index < -0.39 is 5.97 Å². The fourth-order valence-electron chi connectivity index (χ4n) is 1.68. The largest absolute Gasteiger partial charge is 0.331 e. The summed E-state index contributed by atoms with van der Waals surface area (Å²) in [5.74, 6) is -0.822. The lowest BCUT2D eigenvalue weighted by atomic mass is 10.1. The minimum absolute atomic E-state index is 0.803. The van der Waals surface area contributed by atoms with Gasteiger partial charge in [0.2, 0.25) is 0 Å². The molecule has 0 aliphatic heterocycles. The molecule has 15 heavy (non-hydrogen) atoms. The van der Waals surface area contributed by atoms with Crippen LogP contribution in [0.1, 0.15) is 38.5 Å². The first kappa shape index (κ1) is 15.1. The van der Waals surface area contributed by atoms with E-state index >= 15 is 0 Å². The van der Waals surface area contributed by atoms with Gasteiger partial charge in [0.05, 0.1) is 0 Å². The smallest absolute Gasteiger partial charge is 0.282 e. The van der Waals surface area contributed by atoms with Crippen LogP contribution in [0.15, 0.2) is 0 Å². The molecule has 0 aromatic carbocycles. The molecule has 4 heteroatoms. The Morgan fingerprint density at radius 3 is 1.73 bits per heavy atom. The average Bonchev–Trinajstić information content (AvgIpc) is 2.29. The van der Waals surface area contributed by atoms with Crippen LogP contribution in [-0.4, -0.2) is 37.5 Å². The van der Waals surface area contributed by atoms with Gasteiger partial charge in [0.1, 0.15) is 0 Å². The lowest BCUT2D eigenvalue weighted by Gasteiger charge is -2.28. The van der Waals surface area contributed by atoms with E-state index in [-0.39, 0.29) is 0 Å². The SMILES string of the molecule is COC(CCCCCCC[SiH3])(OC)OC. The highest BCUT2D eigenvalue weighted by Crippen LogP contribution is 2.21. The summed E-state index contributed by atoms with van der Waals surface area (Å²) in [4.78, 5) is 0. The molecule has 0 aromatic rings. The lowest BCUT2D eigenvalue weighted by Crippen LogP contribution is -2.35. The molecular weight excluding hydrogens is 208 g/mol. The van der Waals surface area contributed by atoms with Gasteiger partial charge in [-0.3, -0.25) is 0 Å². The number of rotatable bonds is 10. The first-order valence-corrected chi connectivity index (χ1v) is 7.31. The summed E-state index contributed by atoms with van der Waals surface area (Å²) in [5, 5.41) is 0. The third-order valence-corrected chi connectivity index (χ3v) is 3.48. The Balaban J connectivity index is 3.54. The Bertz CT molecular complexity index is 130. The number of ether oxygens (including phenoxy) is 3. The van der Waals surface area contributed by atoms with Gasteiger partial charge in [-0.05, 0) is 6.42 Å². The third kappa shape index (κ3) is 6.30. The summed E-state index contributed by atoms with van der Waals surface area (Å²) in [6, 6.07) is 1.43. The fourth-order valence-corrected chi connectivity index (χ4v) is 2.18.